The number of nitrogens with zero attached hydrogens (tertiary/aromatic N) is 3. The molecule has 0 aliphatic carbocycles. The van der Waals surface area contributed by atoms with E-state index in [9.17, 15) is 14.0 Å². The summed E-state index contributed by atoms with van der Waals surface area (Å²) in [7, 11) is 1.96. The highest BCUT2D eigenvalue weighted by Gasteiger charge is 2.31. The van der Waals surface area contributed by atoms with Gasteiger partial charge in [0, 0.05) is 26.2 Å². The molecule has 29 heavy (non-hydrogen) atoms. The molecule has 1 unspecified atom stereocenters. The molecule has 3 rings (SSSR count). The maximum absolute atomic E-state index is 13.2. The Morgan fingerprint density at radius 1 is 0.966 bits per heavy atom. The van der Waals surface area contributed by atoms with E-state index in [1.807, 2.05) is 54.1 Å². The first-order valence-corrected chi connectivity index (χ1v) is 10.1. The van der Waals surface area contributed by atoms with Crippen molar-refractivity contribution in [3.05, 3.63) is 71.5 Å². The van der Waals surface area contributed by atoms with Crippen LogP contribution in [0.2, 0.25) is 0 Å². The molecule has 1 heterocycles. The van der Waals surface area contributed by atoms with Gasteiger partial charge in [0.2, 0.25) is 11.8 Å². The second-order valence-electron chi connectivity index (χ2n) is 7.40. The zero-order valence-electron chi connectivity index (χ0n) is 17.1. The van der Waals surface area contributed by atoms with Gasteiger partial charge in [-0.15, -0.1) is 0 Å². The molecule has 2 aromatic rings. The van der Waals surface area contributed by atoms with E-state index in [0.29, 0.717) is 26.2 Å². The van der Waals surface area contributed by atoms with Crippen molar-refractivity contribution < 1.29 is 14.0 Å². The second-order valence-corrected chi connectivity index (χ2v) is 7.40. The van der Waals surface area contributed by atoms with Gasteiger partial charge in [-0.05, 0) is 36.9 Å². The summed E-state index contributed by atoms with van der Waals surface area (Å²) < 4.78 is 13.0. The van der Waals surface area contributed by atoms with Crippen LogP contribution in [0.25, 0.3) is 0 Å². The lowest BCUT2D eigenvalue weighted by Crippen LogP contribution is -2.53. The van der Waals surface area contributed by atoms with E-state index in [1.165, 1.54) is 12.1 Å². The minimum absolute atomic E-state index is 0.00833. The number of hydrogen-bond acceptors (Lipinski definition) is 3. The molecule has 5 nitrogen and oxygen atoms in total. The smallest absolute Gasteiger partial charge is 0.244 e. The van der Waals surface area contributed by atoms with Crippen LogP contribution in [0, 0.1) is 5.82 Å². The molecule has 6 heteroatoms. The van der Waals surface area contributed by atoms with E-state index < -0.39 is 0 Å². The van der Waals surface area contributed by atoms with Crippen molar-refractivity contribution in [1.29, 1.82) is 0 Å². The predicted octanol–water partition coefficient (Wildman–Crippen LogP) is 2.73. The number of carbonyl (C=O) groups excluding carboxylic acids is 2. The Balaban J connectivity index is 1.60. The molecule has 2 amide bonds. The van der Waals surface area contributed by atoms with Gasteiger partial charge in [0.05, 0.1) is 6.42 Å². The second kappa shape index (κ2) is 9.65. The first kappa shape index (κ1) is 21.0. The van der Waals surface area contributed by atoms with Gasteiger partial charge < -0.3 is 9.80 Å². The molecular formula is C23H28FN3O2. The summed E-state index contributed by atoms with van der Waals surface area (Å²) >= 11 is 0. The Labute approximate surface area is 171 Å². The fourth-order valence-electron chi connectivity index (χ4n) is 3.64. The van der Waals surface area contributed by atoms with Gasteiger partial charge in [-0.2, -0.15) is 0 Å². The normalized spacial score (nSPS) is 15.4. The fourth-order valence-corrected chi connectivity index (χ4v) is 3.64. The highest BCUT2D eigenvalue weighted by molar-refractivity contribution is 5.84. The molecular weight excluding hydrogens is 369 g/mol. The highest BCUT2D eigenvalue weighted by atomic mass is 19.1. The largest absolute Gasteiger partial charge is 0.339 e. The number of likely N-dealkylation sites (N-methyl/N-ethyl adjacent to an activating group) is 1. The number of rotatable bonds is 6. The Bertz CT molecular complexity index is 818. The number of amides is 2. The van der Waals surface area contributed by atoms with Crippen molar-refractivity contribution in [2.75, 3.05) is 39.8 Å². The van der Waals surface area contributed by atoms with E-state index in [4.69, 9.17) is 0 Å². The lowest BCUT2D eigenvalue weighted by molar-refractivity contribution is -0.142. The third-order valence-electron chi connectivity index (χ3n) is 5.50. The first-order valence-electron chi connectivity index (χ1n) is 10.1. The van der Waals surface area contributed by atoms with Gasteiger partial charge in [0.1, 0.15) is 11.9 Å². The van der Waals surface area contributed by atoms with Crippen LogP contribution >= 0.6 is 0 Å². The van der Waals surface area contributed by atoms with Gasteiger partial charge >= 0.3 is 0 Å². The third kappa shape index (κ3) is 5.21. The van der Waals surface area contributed by atoms with Crippen molar-refractivity contribution in [3.8, 4) is 0 Å². The third-order valence-corrected chi connectivity index (χ3v) is 5.50. The maximum Gasteiger partial charge on any atom is 0.244 e. The van der Waals surface area contributed by atoms with Crippen molar-refractivity contribution >= 4 is 11.8 Å². The molecule has 1 saturated heterocycles. The molecule has 0 bridgehead atoms. The molecule has 0 aromatic heterocycles. The number of piperazine rings is 1. The monoisotopic (exact) mass is 397 g/mol. The summed E-state index contributed by atoms with van der Waals surface area (Å²) in [5.41, 5.74) is 1.78. The lowest BCUT2D eigenvalue weighted by Gasteiger charge is -2.38. The Morgan fingerprint density at radius 3 is 2.14 bits per heavy atom. The van der Waals surface area contributed by atoms with Gasteiger partial charge in [-0.3, -0.25) is 14.5 Å². The summed E-state index contributed by atoms with van der Waals surface area (Å²) in [5, 5.41) is 0. The van der Waals surface area contributed by atoms with Gasteiger partial charge in [-0.25, -0.2) is 4.39 Å². The van der Waals surface area contributed by atoms with E-state index in [0.717, 1.165) is 17.7 Å². The van der Waals surface area contributed by atoms with Crippen molar-refractivity contribution in [3.63, 3.8) is 0 Å². The summed E-state index contributed by atoms with van der Waals surface area (Å²) in [6, 6.07) is 15.5. The standard InChI is InChI=1S/C23H28FN3O2/c1-3-25(2)22(19-7-5-4-6-8-19)23(29)27-15-13-26(14-16-27)21(28)17-18-9-11-20(24)12-10-18/h4-12,22H,3,13-17H2,1-2H3. The Morgan fingerprint density at radius 2 is 1.55 bits per heavy atom. The highest BCUT2D eigenvalue weighted by Crippen LogP contribution is 2.22. The topological polar surface area (TPSA) is 43.9 Å². The van der Waals surface area contributed by atoms with E-state index in [1.54, 1.807) is 17.0 Å². The molecule has 1 aliphatic heterocycles. The maximum atomic E-state index is 13.2. The summed E-state index contributed by atoms with van der Waals surface area (Å²) in [6.45, 7) is 4.88. The zero-order chi connectivity index (χ0) is 20.8. The first-order chi connectivity index (χ1) is 14.0. The molecule has 0 saturated carbocycles. The van der Waals surface area contributed by atoms with Crippen LogP contribution in [0.4, 0.5) is 4.39 Å². The van der Waals surface area contributed by atoms with E-state index >= 15 is 0 Å². The van der Waals surface area contributed by atoms with Crippen LogP contribution in [0.3, 0.4) is 0 Å². The van der Waals surface area contributed by atoms with Crippen LogP contribution in [0.1, 0.15) is 24.1 Å². The number of hydrogen-bond donors (Lipinski definition) is 0. The van der Waals surface area contributed by atoms with Crippen LogP contribution in [-0.2, 0) is 16.0 Å². The van der Waals surface area contributed by atoms with Crippen LogP contribution in [0.15, 0.2) is 54.6 Å². The Hall–Kier alpha value is -2.73. The molecule has 1 fully saturated rings. The van der Waals surface area contributed by atoms with E-state index in [2.05, 4.69) is 0 Å². The van der Waals surface area contributed by atoms with Crippen LogP contribution in [0.5, 0.6) is 0 Å². The Kier molecular flexibility index (Phi) is 6.99. The minimum atomic E-state index is -0.317. The summed E-state index contributed by atoms with van der Waals surface area (Å²) in [4.78, 5) is 31.5. The van der Waals surface area contributed by atoms with Crippen molar-refractivity contribution in [2.24, 2.45) is 0 Å². The quantitative estimate of drug-likeness (QED) is 0.753. The summed E-state index contributed by atoms with van der Waals surface area (Å²) in [6.07, 6.45) is 0.249. The minimum Gasteiger partial charge on any atom is -0.339 e. The fraction of sp³-hybridized carbons (Fsp3) is 0.391. The molecule has 1 aliphatic rings. The average molecular weight is 397 g/mol. The van der Waals surface area contributed by atoms with E-state index in [-0.39, 0.29) is 30.1 Å². The van der Waals surface area contributed by atoms with Crippen LogP contribution < -0.4 is 0 Å². The number of halogens is 1. The van der Waals surface area contributed by atoms with Crippen molar-refractivity contribution in [2.45, 2.75) is 19.4 Å². The number of benzene rings is 2. The molecule has 1 atom stereocenters. The molecule has 0 spiro atoms. The lowest BCUT2D eigenvalue weighted by atomic mass is 10.0. The average Bonchev–Trinajstić information content (AvgIpc) is 2.76. The van der Waals surface area contributed by atoms with Gasteiger partial charge in [0.15, 0.2) is 0 Å². The predicted molar refractivity (Wildman–Crippen MR) is 111 cm³/mol. The number of carbonyl (C=O) groups is 2. The van der Waals surface area contributed by atoms with Crippen molar-refractivity contribution in [1.82, 2.24) is 14.7 Å². The molecule has 0 N–H and O–H groups in total. The van der Waals surface area contributed by atoms with Crippen LogP contribution in [-0.4, -0.2) is 66.3 Å². The molecule has 154 valence electrons. The zero-order valence-corrected chi connectivity index (χ0v) is 17.1. The SMILES string of the molecule is CCN(C)C(C(=O)N1CCN(C(=O)Cc2ccc(F)cc2)CC1)c1ccccc1. The molecule has 0 radical (unpaired) electrons. The van der Waals surface area contributed by atoms with Gasteiger partial charge in [0.25, 0.3) is 0 Å². The summed E-state index contributed by atoms with van der Waals surface area (Å²) in [5.74, 6) is -0.224. The molecule has 2 aromatic carbocycles. The van der Waals surface area contributed by atoms with Gasteiger partial charge in [-0.1, -0.05) is 49.4 Å².